The number of methoxy groups -OCH3 is 1. The number of benzene rings is 2. The molecule has 2 aromatic carbocycles. The van der Waals surface area contributed by atoms with Crippen LogP contribution in [0.3, 0.4) is 0 Å². The van der Waals surface area contributed by atoms with E-state index in [0.717, 1.165) is 29.8 Å². The number of ether oxygens (including phenoxy) is 2. The van der Waals surface area contributed by atoms with Crippen LogP contribution in [0.2, 0.25) is 5.02 Å². The van der Waals surface area contributed by atoms with Crippen LogP contribution in [0.15, 0.2) is 47.6 Å². The summed E-state index contributed by atoms with van der Waals surface area (Å²) in [6.45, 7) is 4.02. The standard InChI is InChI=1S/C23H25ClN4O3S/c1-14-4-7-17(12-20(14)24)28-21(13-31-19-10-8-18(30-3)9-11-19)26-27-23(28)32-15(2)22(29)25-16-5-6-16/h4,7-12,15-16H,5-6,13H2,1-3H3,(H,25,29). The first-order valence-electron chi connectivity index (χ1n) is 10.4. The van der Waals surface area contributed by atoms with Crippen LogP contribution < -0.4 is 14.8 Å². The fourth-order valence-electron chi connectivity index (χ4n) is 3.03. The van der Waals surface area contributed by atoms with Gasteiger partial charge in [0.25, 0.3) is 0 Å². The molecule has 1 saturated carbocycles. The van der Waals surface area contributed by atoms with Crippen LogP contribution in [0.1, 0.15) is 31.2 Å². The van der Waals surface area contributed by atoms with Gasteiger partial charge in [0, 0.05) is 11.1 Å². The van der Waals surface area contributed by atoms with E-state index in [2.05, 4.69) is 15.5 Å². The second kappa shape index (κ2) is 9.83. The molecule has 0 radical (unpaired) electrons. The molecule has 1 amide bonds. The van der Waals surface area contributed by atoms with Gasteiger partial charge in [-0.3, -0.25) is 9.36 Å². The molecule has 0 bridgehead atoms. The van der Waals surface area contributed by atoms with Gasteiger partial charge < -0.3 is 14.8 Å². The van der Waals surface area contributed by atoms with E-state index in [1.807, 2.05) is 60.9 Å². The molecule has 1 fully saturated rings. The van der Waals surface area contributed by atoms with Gasteiger partial charge in [-0.05, 0) is 68.7 Å². The Morgan fingerprint density at radius 2 is 1.94 bits per heavy atom. The zero-order valence-electron chi connectivity index (χ0n) is 18.2. The fourth-order valence-corrected chi connectivity index (χ4v) is 4.10. The Bertz CT molecular complexity index is 1100. The van der Waals surface area contributed by atoms with E-state index in [-0.39, 0.29) is 17.8 Å². The van der Waals surface area contributed by atoms with Crippen molar-refractivity contribution in [3.05, 3.63) is 58.9 Å². The maximum absolute atomic E-state index is 12.5. The lowest BCUT2D eigenvalue weighted by Gasteiger charge is -2.15. The first-order chi connectivity index (χ1) is 15.4. The van der Waals surface area contributed by atoms with Crippen LogP contribution in [0, 0.1) is 6.92 Å². The van der Waals surface area contributed by atoms with E-state index in [0.29, 0.717) is 27.8 Å². The van der Waals surface area contributed by atoms with Crippen molar-refractivity contribution in [2.24, 2.45) is 0 Å². The van der Waals surface area contributed by atoms with Crippen LogP contribution >= 0.6 is 23.4 Å². The van der Waals surface area contributed by atoms with E-state index in [9.17, 15) is 4.79 Å². The Morgan fingerprint density at radius 1 is 1.22 bits per heavy atom. The van der Waals surface area contributed by atoms with Crippen molar-refractivity contribution in [1.29, 1.82) is 0 Å². The van der Waals surface area contributed by atoms with Gasteiger partial charge in [-0.25, -0.2) is 0 Å². The minimum atomic E-state index is -0.310. The third-order valence-corrected chi connectivity index (χ3v) is 6.57. The molecule has 1 heterocycles. The van der Waals surface area contributed by atoms with Gasteiger partial charge in [0.15, 0.2) is 11.0 Å². The Hall–Kier alpha value is -2.71. The van der Waals surface area contributed by atoms with Gasteiger partial charge in [0.05, 0.1) is 18.0 Å². The topological polar surface area (TPSA) is 78.3 Å². The summed E-state index contributed by atoms with van der Waals surface area (Å²) in [6.07, 6.45) is 2.10. The molecule has 0 spiro atoms. The minimum Gasteiger partial charge on any atom is -0.497 e. The Balaban J connectivity index is 1.58. The van der Waals surface area contributed by atoms with Crippen LogP contribution in [0.25, 0.3) is 5.69 Å². The normalized spacial score (nSPS) is 14.1. The Kier molecular flexibility index (Phi) is 6.91. The maximum Gasteiger partial charge on any atom is 0.233 e. The number of aryl methyl sites for hydroxylation is 1. The van der Waals surface area contributed by atoms with Crippen molar-refractivity contribution in [3.63, 3.8) is 0 Å². The lowest BCUT2D eigenvalue weighted by Crippen LogP contribution is -2.32. The quantitative estimate of drug-likeness (QED) is 0.459. The van der Waals surface area contributed by atoms with Crippen molar-refractivity contribution in [2.45, 2.75) is 49.7 Å². The average molecular weight is 473 g/mol. The van der Waals surface area contributed by atoms with Gasteiger partial charge in [-0.15, -0.1) is 10.2 Å². The number of aromatic nitrogens is 3. The van der Waals surface area contributed by atoms with E-state index in [4.69, 9.17) is 21.1 Å². The van der Waals surface area contributed by atoms with Crippen molar-refractivity contribution in [1.82, 2.24) is 20.1 Å². The summed E-state index contributed by atoms with van der Waals surface area (Å²) in [7, 11) is 1.62. The molecule has 0 aliphatic heterocycles. The predicted octanol–water partition coefficient (Wildman–Crippen LogP) is 4.58. The molecule has 1 atom stereocenters. The number of thioether (sulfide) groups is 1. The van der Waals surface area contributed by atoms with E-state index in [1.54, 1.807) is 7.11 Å². The third-order valence-electron chi connectivity index (χ3n) is 5.12. The van der Waals surface area contributed by atoms with Gasteiger partial charge >= 0.3 is 0 Å². The summed E-state index contributed by atoms with van der Waals surface area (Å²) in [5, 5.41) is 12.7. The molecule has 32 heavy (non-hydrogen) atoms. The van der Waals surface area contributed by atoms with Crippen LogP contribution in [0.5, 0.6) is 11.5 Å². The second-order valence-corrected chi connectivity index (χ2v) is 9.39. The van der Waals surface area contributed by atoms with Crippen molar-refractivity contribution in [3.8, 4) is 17.2 Å². The summed E-state index contributed by atoms with van der Waals surface area (Å²) in [5.74, 6) is 2.06. The highest BCUT2D eigenvalue weighted by molar-refractivity contribution is 8.00. The molecule has 168 valence electrons. The lowest BCUT2D eigenvalue weighted by atomic mass is 10.2. The molecular weight excluding hydrogens is 448 g/mol. The molecule has 0 saturated heterocycles. The molecule has 1 unspecified atom stereocenters. The second-order valence-electron chi connectivity index (χ2n) is 7.67. The number of carbonyl (C=O) groups is 1. The largest absolute Gasteiger partial charge is 0.497 e. The summed E-state index contributed by atoms with van der Waals surface area (Å²) in [6, 6.07) is 13.4. The molecule has 1 aromatic heterocycles. The van der Waals surface area contributed by atoms with E-state index < -0.39 is 0 Å². The highest BCUT2D eigenvalue weighted by atomic mass is 35.5. The highest BCUT2D eigenvalue weighted by Gasteiger charge is 2.27. The minimum absolute atomic E-state index is 0.00465. The molecular formula is C23H25ClN4O3S. The Labute approximate surface area is 196 Å². The number of rotatable bonds is 9. The van der Waals surface area contributed by atoms with Crippen molar-refractivity contribution < 1.29 is 14.3 Å². The fraction of sp³-hybridized carbons (Fsp3) is 0.348. The lowest BCUT2D eigenvalue weighted by molar-refractivity contribution is -0.120. The van der Waals surface area contributed by atoms with Gasteiger partial charge in [0.2, 0.25) is 5.91 Å². The number of halogens is 1. The molecule has 1 N–H and O–H groups in total. The summed E-state index contributed by atoms with van der Waals surface area (Å²) >= 11 is 7.75. The molecule has 9 heteroatoms. The van der Waals surface area contributed by atoms with Crippen molar-refractivity contribution >= 4 is 29.3 Å². The van der Waals surface area contributed by atoms with Crippen LogP contribution in [-0.2, 0) is 11.4 Å². The number of nitrogens with zero attached hydrogens (tertiary/aromatic N) is 3. The summed E-state index contributed by atoms with van der Waals surface area (Å²) in [5.41, 5.74) is 1.79. The molecule has 1 aliphatic rings. The smallest absolute Gasteiger partial charge is 0.233 e. The van der Waals surface area contributed by atoms with Gasteiger partial charge in [0.1, 0.15) is 18.1 Å². The Morgan fingerprint density at radius 3 is 2.59 bits per heavy atom. The number of hydrogen-bond donors (Lipinski definition) is 1. The number of nitrogens with one attached hydrogen (secondary N) is 1. The first kappa shape index (κ1) is 22.5. The molecule has 1 aliphatic carbocycles. The summed E-state index contributed by atoms with van der Waals surface area (Å²) < 4.78 is 13.0. The van der Waals surface area contributed by atoms with E-state index in [1.165, 1.54) is 11.8 Å². The van der Waals surface area contributed by atoms with Gasteiger partial charge in [-0.2, -0.15) is 0 Å². The predicted molar refractivity (Wildman–Crippen MR) is 125 cm³/mol. The SMILES string of the molecule is COc1ccc(OCc2nnc(SC(C)C(=O)NC3CC3)n2-c2ccc(C)c(Cl)c2)cc1. The maximum atomic E-state index is 12.5. The summed E-state index contributed by atoms with van der Waals surface area (Å²) in [4.78, 5) is 12.5. The molecule has 7 nitrogen and oxygen atoms in total. The van der Waals surface area contributed by atoms with Gasteiger partial charge in [-0.1, -0.05) is 29.4 Å². The molecule has 3 aromatic rings. The number of amides is 1. The number of hydrogen-bond acceptors (Lipinski definition) is 6. The zero-order valence-corrected chi connectivity index (χ0v) is 19.7. The average Bonchev–Trinajstić information content (AvgIpc) is 3.52. The third kappa shape index (κ3) is 5.37. The van der Waals surface area contributed by atoms with E-state index >= 15 is 0 Å². The highest BCUT2D eigenvalue weighted by Crippen LogP contribution is 2.29. The zero-order chi connectivity index (χ0) is 22.7. The van der Waals surface area contributed by atoms with Crippen LogP contribution in [-0.4, -0.2) is 39.1 Å². The monoisotopic (exact) mass is 472 g/mol. The van der Waals surface area contributed by atoms with Crippen molar-refractivity contribution in [2.75, 3.05) is 7.11 Å². The van der Waals surface area contributed by atoms with Crippen LogP contribution in [0.4, 0.5) is 0 Å². The molecule has 4 rings (SSSR count). The number of carbonyl (C=O) groups excluding carboxylic acids is 1. The first-order valence-corrected chi connectivity index (χ1v) is 11.6.